The van der Waals surface area contributed by atoms with Crippen molar-refractivity contribution in [3.05, 3.63) is 28.0 Å². The van der Waals surface area contributed by atoms with Gasteiger partial charge in [-0.15, -0.1) is 0 Å². The molecule has 0 radical (unpaired) electrons. The van der Waals surface area contributed by atoms with E-state index in [1.165, 1.54) is 6.07 Å². The van der Waals surface area contributed by atoms with Crippen molar-refractivity contribution in [2.45, 2.75) is 25.3 Å². The van der Waals surface area contributed by atoms with Crippen molar-refractivity contribution in [3.8, 4) is 0 Å². The van der Waals surface area contributed by atoms with Crippen LogP contribution in [-0.4, -0.2) is 24.5 Å². The molecular weight excluding hydrogens is 331 g/mol. The Balaban J connectivity index is 1.85. The Hall–Kier alpha value is -1.63. The summed E-state index contributed by atoms with van der Waals surface area (Å²) in [5, 5.41) is 2.79. The third-order valence-corrected chi connectivity index (χ3v) is 3.47. The van der Waals surface area contributed by atoms with Gasteiger partial charge in [0, 0.05) is 10.5 Å². The minimum Gasteiger partial charge on any atom is -0.462 e. The molecule has 0 unspecified atom stereocenters. The highest BCUT2D eigenvalue weighted by Gasteiger charge is 2.23. The van der Waals surface area contributed by atoms with Crippen LogP contribution in [0.1, 0.15) is 29.6 Å². The molecule has 1 aromatic carbocycles. The summed E-state index contributed by atoms with van der Waals surface area (Å²) in [4.78, 5) is 23.2. The third kappa shape index (κ3) is 3.93. The lowest BCUT2D eigenvalue weighted by atomic mass is 10.2. The van der Waals surface area contributed by atoms with Crippen LogP contribution in [0.15, 0.2) is 16.6 Å². The van der Waals surface area contributed by atoms with Gasteiger partial charge in [-0.25, -0.2) is 9.18 Å². The van der Waals surface area contributed by atoms with Gasteiger partial charge in [0.05, 0.1) is 17.7 Å². The smallest absolute Gasteiger partial charge is 0.339 e. The number of rotatable bonds is 5. The van der Waals surface area contributed by atoms with Crippen LogP contribution in [0.3, 0.4) is 0 Å². The third-order valence-electron chi connectivity index (χ3n) is 2.81. The van der Waals surface area contributed by atoms with E-state index in [0.717, 1.165) is 18.9 Å². The zero-order chi connectivity index (χ0) is 14.7. The molecule has 20 heavy (non-hydrogen) atoms. The Labute approximate surface area is 123 Å². The number of amides is 1. The summed E-state index contributed by atoms with van der Waals surface area (Å²) in [7, 11) is 0. The number of hydrogen-bond acceptors (Lipinski definition) is 4. The number of benzene rings is 1. The van der Waals surface area contributed by atoms with E-state index in [9.17, 15) is 14.0 Å². The van der Waals surface area contributed by atoms with E-state index >= 15 is 0 Å². The molecule has 2 rings (SSSR count). The van der Waals surface area contributed by atoms with Crippen molar-refractivity contribution in [2.75, 3.05) is 12.3 Å². The van der Waals surface area contributed by atoms with Crippen LogP contribution in [-0.2, 0) is 9.53 Å². The standard InChI is InChI=1S/C13H14BrFN2O3/c14-9-6-10(15)11(16)5-8(9)13(19)20-4-3-12(18)17-7-1-2-7/h5-7H,1-4,16H2,(H,17,18). The van der Waals surface area contributed by atoms with Crippen LogP contribution in [0.25, 0.3) is 0 Å². The Bertz CT molecular complexity index is 547. The number of halogens is 2. The SMILES string of the molecule is Nc1cc(C(=O)OCCC(=O)NC2CC2)c(Br)cc1F. The number of carbonyl (C=O) groups excluding carboxylic acids is 2. The first-order valence-electron chi connectivity index (χ1n) is 6.18. The molecule has 0 spiro atoms. The van der Waals surface area contributed by atoms with E-state index in [1.807, 2.05) is 0 Å². The van der Waals surface area contributed by atoms with Gasteiger partial charge in [-0.2, -0.15) is 0 Å². The van der Waals surface area contributed by atoms with Crippen molar-refractivity contribution >= 4 is 33.5 Å². The minimum atomic E-state index is -0.650. The lowest BCUT2D eigenvalue weighted by Gasteiger charge is -2.08. The van der Waals surface area contributed by atoms with E-state index in [0.29, 0.717) is 0 Å². The van der Waals surface area contributed by atoms with Crippen molar-refractivity contribution in [1.29, 1.82) is 0 Å². The second-order valence-electron chi connectivity index (χ2n) is 4.58. The van der Waals surface area contributed by atoms with Gasteiger partial charge >= 0.3 is 5.97 Å². The first-order chi connectivity index (χ1) is 9.47. The molecule has 108 valence electrons. The molecule has 1 amide bonds. The molecule has 0 atom stereocenters. The van der Waals surface area contributed by atoms with E-state index in [4.69, 9.17) is 10.5 Å². The second kappa shape index (κ2) is 6.21. The van der Waals surface area contributed by atoms with Crippen LogP contribution in [0.2, 0.25) is 0 Å². The van der Waals surface area contributed by atoms with Crippen LogP contribution in [0.5, 0.6) is 0 Å². The lowest BCUT2D eigenvalue weighted by molar-refractivity contribution is -0.121. The zero-order valence-electron chi connectivity index (χ0n) is 10.6. The Morgan fingerprint density at radius 2 is 2.15 bits per heavy atom. The molecule has 1 aromatic rings. The number of nitrogens with one attached hydrogen (secondary N) is 1. The fraction of sp³-hybridized carbons (Fsp3) is 0.385. The minimum absolute atomic E-state index is 0.0267. The number of anilines is 1. The van der Waals surface area contributed by atoms with Gasteiger partial charge in [0.25, 0.3) is 0 Å². The highest BCUT2D eigenvalue weighted by atomic mass is 79.9. The summed E-state index contributed by atoms with van der Waals surface area (Å²) in [5.74, 6) is -1.40. The molecule has 5 nitrogen and oxygen atoms in total. The van der Waals surface area contributed by atoms with Gasteiger partial charge in [-0.3, -0.25) is 4.79 Å². The number of carbonyl (C=O) groups is 2. The van der Waals surface area contributed by atoms with Crippen molar-refractivity contribution < 1.29 is 18.7 Å². The predicted octanol–water partition coefficient (Wildman–Crippen LogP) is 2.00. The van der Waals surface area contributed by atoms with E-state index in [2.05, 4.69) is 21.2 Å². The molecule has 0 bridgehead atoms. The molecule has 0 saturated heterocycles. The van der Waals surface area contributed by atoms with Crippen LogP contribution in [0.4, 0.5) is 10.1 Å². The maximum Gasteiger partial charge on any atom is 0.339 e. The molecule has 1 saturated carbocycles. The van der Waals surface area contributed by atoms with Gasteiger partial charge in [-0.1, -0.05) is 0 Å². The molecule has 1 aliphatic carbocycles. The first-order valence-corrected chi connectivity index (χ1v) is 6.97. The van der Waals surface area contributed by atoms with E-state index < -0.39 is 11.8 Å². The number of nitrogen functional groups attached to an aromatic ring is 1. The fourth-order valence-electron chi connectivity index (χ4n) is 1.56. The molecule has 1 fully saturated rings. The molecule has 0 aliphatic heterocycles. The Kier molecular flexibility index (Phi) is 4.59. The van der Waals surface area contributed by atoms with Gasteiger partial charge in [0.15, 0.2) is 0 Å². The van der Waals surface area contributed by atoms with E-state index in [-0.39, 0.29) is 40.7 Å². The average Bonchev–Trinajstić information content (AvgIpc) is 3.17. The number of nitrogens with two attached hydrogens (primary N) is 1. The summed E-state index contributed by atoms with van der Waals surface area (Å²) in [5.41, 5.74) is 5.40. The van der Waals surface area contributed by atoms with Crippen molar-refractivity contribution in [3.63, 3.8) is 0 Å². The first kappa shape index (κ1) is 14.8. The highest BCUT2D eigenvalue weighted by Crippen LogP contribution is 2.23. The lowest BCUT2D eigenvalue weighted by Crippen LogP contribution is -2.26. The summed E-state index contributed by atoms with van der Waals surface area (Å²) < 4.78 is 18.4. The van der Waals surface area contributed by atoms with Gasteiger partial charge in [0.1, 0.15) is 12.4 Å². The number of esters is 1. The largest absolute Gasteiger partial charge is 0.462 e. The molecule has 7 heteroatoms. The molecule has 3 N–H and O–H groups in total. The van der Waals surface area contributed by atoms with Crippen LogP contribution < -0.4 is 11.1 Å². The summed E-state index contributed by atoms with van der Waals surface area (Å²) in [6, 6.07) is 2.59. The zero-order valence-corrected chi connectivity index (χ0v) is 12.2. The Morgan fingerprint density at radius 1 is 1.45 bits per heavy atom. The molecule has 1 aliphatic rings. The van der Waals surface area contributed by atoms with E-state index in [1.54, 1.807) is 0 Å². The monoisotopic (exact) mass is 344 g/mol. The maximum atomic E-state index is 13.1. The normalized spacial score (nSPS) is 13.9. The van der Waals surface area contributed by atoms with Crippen molar-refractivity contribution in [2.24, 2.45) is 0 Å². The second-order valence-corrected chi connectivity index (χ2v) is 5.44. The molecule has 0 heterocycles. The quantitative estimate of drug-likeness (QED) is 0.632. The van der Waals surface area contributed by atoms with Crippen molar-refractivity contribution in [1.82, 2.24) is 5.32 Å². The summed E-state index contributed by atoms with van der Waals surface area (Å²) >= 11 is 3.07. The van der Waals surface area contributed by atoms with Crippen LogP contribution >= 0.6 is 15.9 Å². The summed E-state index contributed by atoms with van der Waals surface area (Å²) in [6.45, 7) is -0.0267. The average molecular weight is 345 g/mol. The van der Waals surface area contributed by atoms with Gasteiger partial charge in [-0.05, 0) is 40.9 Å². The van der Waals surface area contributed by atoms with Crippen LogP contribution in [0, 0.1) is 5.82 Å². The number of hydrogen-bond donors (Lipinski definition) is 2. The maximum absolute atomic E-state index is 13.1. The Morgan fingerprint density at radius 3 is 2.80 bits per heavy atom. The topological polar surface area (TPSA) is 81.4 Å². The van der Waals surface area contributed by atoms with Gasteiger partial charge in [0.2, 0.25) is 5.91 Å². The number of ether oxygens (including phenoxy) is 1. The highest BCUT2D eigenvalue weighted by molar-refractivity contribution is 9.10. The predicted molar refractivity (Wildman–Crippen MR) is 74.6 cm³/mol. The molecule has 0 aromatic heterocycles. The molecular formula is C13H14BrFN2O3. The fourth-order valence-corrected chi connectivity index (χ4v) is 2.04. The summed E-state index contributed by atoms with van der Waals surface area (Å²) in [6.07, 6.45) is 2.12. The van der Waals surface area contributed by atoms with Gasteiger partial charge < -0.3 is 15.8 Å².